The predicted molar refractivity (Wildman–Crippen MR) is 91.6 cm³/mol. The van der Waals surface area contributed by atoms with Gasteiger partial charge < -0.3 is 5.73 Å². The van der Waals surface area contributed by atoms with E-state index in [0.29, 0.717) is 4.90 Å². The Kier molecular flexibility index (Phi) is 3.78. The molecule has 0 unspecified atom stereocenters. The molecule has 1 fully saturated rings. The fourth-order valence-electron chi connectivity index (χ4n) is 2.97. The number of benzene rings is 2. The number of sulfone groups is 1. The predicted octanol–water partition coefficient (Wildman–Crippen LogP) is 2.84. The van der Waals surface area contributed by atoms with Crippen molar-refractivity contribution in [3.63, 3.8) is 0 Å². The molecule has 3 nitrogen and oxygen atoms in total. The van der Waals surface area contributed by atoms with Gasteiger partial charge in [0.05, 0.1) is 15.1 Å². The summed E-state index contributed by atoms with van der Waals surface area (Å²) in [6.07, 6.45) is 0. The van der Waals surface area contributed by atoms with Crippen LogP contribution in [-0.4, -0.2) is 18.7 Å². The molecule has 2 aromatic rings. The van der Waals surface area contributed by atoms with Crippen LogP contribution in [0.4, 0.5) is 0 Å². The first kappa shape index (κ1) is 15.2. The maximum atomic E-state index is 12.9. The molecule has 2 N–H and O–H groups in total. The van der Waals surface area contributed by atoms with E-state index in [2.05, 4.69) is 0 Å². The van der Waals surface area contributed by atoms with Crippen molar-refractivity contribution in [1.82, 2.24) is 0 Å². The number of rotatable bonds is 4. The molecule has 5 heteroatoms. The van der Waals surface area contributed by atoms with E-state index >= 15 is 0 Å². The van der Waals surface area contributed by atoms with E-state index in [-0.39, 0.29) is 16.8 Å². The Bertz CT molecular complexity index is 798. The zero-order chi connectivity index (χ0) is 15.9. The Morgan fingerprint density at radius 3 is 2.18 bits per heavy atom. The fraction of sp³-hybridized carbons (Fsp3) is 0.235. The Morgan fingerprint density at radius 1 is 1.05 bits per heavy atom. The van der Waals surface area contributed by atoms with Gasteiger partial charge in [-0.3, -0.25) is 0 Å². The topological polar surface area (TPSA) is 60.2 Å². The second-order valence-electron chi connectivity index (χ2n) is 5.69. The third-order valence-corrected chi connectivity index (χ3v) is 6.68. The highest BCUT2D eigenvalue weighted by molar-refractivity contribution is 7.92. The lowest BCUT2D eigenvalue weighted by Gasteiger charge is -2.05. The first-order valence-corrected chi connectivity index (χ1v) is 9.03. The standard InChI is InChI=1S/C17H17NO2S2/c1-11-7-9-13(10-8-11)22(19,20)16-14(15(16)17(18)21)12-5-3-2-4-6-12/h2-10,14-16H,1H3,(H2,18,21)/t14-,15+,16-/m0/s1. The molecule has 0 amide bonds. The summed E-state index contributed by atoms with van der Waals surface area (Å²) in [5.74, 6) is -0.436. The molecule has 0 heterocycles. The highest BCUT2D eigenvalue weighted by Crippen LogP contribution is 2.54. The van der Waals surface area contributed by atoms with Gasteiger partial charge in [0.1, 0.15) is 0 Å². The van der Waals surface area contributed by atoms with Crippen LogP contribution in [0.3, 0.4) is 0 Å². The largest absolute Gasteiger partial charge is 0.393 e. The molecular formula is C17H17NO2S2. The monoisotopic (exact) mass is 331 g/mol. The van der Waals surface area contributed by atoms with Crippen LogP contribution in [0.25, 0.3) is 0 Å². The van der Waals surface area contributed by atoms with Crippen molar-refractivity contribution < 1.29 is 8.42 Å². The lowest BCUT2D eigenvalue weighted by molar-refractivity contribution is 0.593. The molecule has 2 aromatic carbocycles. The lowest BCUT2D eigenvalue weighted by atomic mass is 10.1. The third-order valence-electron chi connectivity index (χ3n) is 4.17. The first-order chi connectivity index (χ1) is 10.4. The fourth-order valence-corrected chi connectivity index (χ4v) is 5.50. The number of nitrogens with two attached hydrogens (primary N) is 1. The average Bonchev–Trinajstić information content (AvgIpc) is 3.25. The molecule has 0 radical (unpaired) electrons. The van der Waals surface area contributed by atoms with Crippen LogP contribution in [0, 0.1) is 12.8 Å². The zero-order valence-corrected chi connectivity index (χ0v) is 13.8. The maximum absolute atomic E-state index is 12.9. The van der Waals surface area contributed by atoms with Crippen molar-refractivity contribution in [1.29, 1.82) is 0 Å². The minimum absolute atomic E-state index is 0.148. The summed E-state index contributed by atoms with van der Waals surface area (Å²) in [7, 11) is -3.44. The van der Waals surface area contributed by atoms with Crippen LogP contribution in [0.2, 0.25) is 0 Å². The average molecular weight is 331 g/mol. The Balaban J connectivity index is 1.99. The summed E-state index contributed by atoms with van der Waals surface area (Å²) in [6.45, 7) is 1.93. The van der Waals surface area contributed by atoms with E-state index in [9.17, 15) is 8.42 Å². The molecule has 3 rings (SSSR count). The highest BCUT2D eigenvalue weighted by Gasteiger charge is 2.60. The molecule has 0 aliphatic heterocycles. The summed E-state index contributed by atoms with van der Waals surface area (Å²) in [5.41, 5.74) is 7.78. The first-order valence-electron chi connectivity index (χ1n) is 7.08. The normalized spacial score (nSPS) is 24.0. The van der Waals surface area contributed by atoms with E-state index in [1.54, 1.807) is 12.1 Å². The molecule has 0 spiro atoms. The third kappa shape index (κ3) is 2.55. The Hall–Kier alpha value is -1.72. The van der Waals surface area contributed by atoms with Gasteiger partial charge in [-0.25, -0.2) is 8.42 Å². The van der Waals surface area contributed by atoms with Crippen LogP contribution in [-0.2, 0) is 9.84 Å². The van der Waals surface area contributed by atoms with Crippen LogP contribution in [0.5, 0.6) is 0 Å². The maximum Gasteiger partial charge on any atom is 0.182 e. The molecule has 3 atom stereocenters. The van der Waals surface area contributed by atoms with Gasteiger partial charge >= 0.3 is 0 Å². The van der Waals surface area contributed by atoms with Crippen LogP contribution in [0.15, 0.2) is 59.5 Å². The minimum Gasteiger partial charge on any atom is -0.393 e. The van der Waals surface area contributed by atoms with Crippen molar-refractivity contribution in [2.75, 3.05) is 0 Å². The van der Waals surface area contributed by atoms with Crippen molar-refractivity contribution in [3.05, 3.63) is 65.7 Å². The highest BCUT2D eigenvalue weighted by atomic mass is 32.2. The summed E-state index contributed by atoms with van der Waals surface area (Å²) in [5, 5.41) is -0.560. The lowest BCUT2D eigenvalue weighted by Crippen LogP contribution is -2.17. The van der Waals surface area contributed by atoms with Gasteiger partial charge in [0, 0.05) is 11.8 Å². The molecular weight excluding hydrogens is 314 g/mol. The smallest absolute Gasteiger partial charge is 0.182 e. The quantitative estimate of drug-likeness (QED) is 0.875. The summed E-state index contributed by atoms with van der Waals surface area (Å²) < 4.78 is 25.8. The van der Waals surface area contributed by atoms with Crippen LogP contribution >= 0.6 is 12.2 Å². The summed E-state index contributed by atoms with van der Waals surface area (Å²) in [6, 6.07) is 16.5. The van der Waals surface area contributed by atoms with Crippen LogP contribution in [0.1, 0.15) is 17.0 Å². The van der Waals surface area contributed by atoms with E-state index in [1.165, 1.54) is 0 Å². The Labute approximate surface area is 136 Å². The summed E-state index contributed by atoms with van der Waals surface area (Å²) >= 11 is 5.09. The van der Waals surface area contributed by atoms with E-state index in [4.69, 9.17) is 18.0 Å². The number of hydrogen-bond acceptors (Lipinski definition) is 3. The number of hydrogen-bond donors (Lipinski definition) is 1. The molecule has 0 saturated heterocycles. The van der Waals surface area contributed by atoms with Gasteiger partial charge in [0.2, 0.25) is 0 Å². The van der Waals surface area contributed by atoms with E-state index in [1.807, 2.05) is 49.4 Å². The minimum atomic E-state index is -3.44. The molecule has 114 valence electrons. The number of aryl methyl sites for hydroxylation is 1. The van der Waals surface area contributed by atoms with Gasteiger partial charge in [0.15, 0.2) is 9.84 Å². The molecule has 22 heavy (non-hydrogen) atoms. The van der Waals surface area contributed by atoms with Crippen LogP contribution < -0.4 is 5.73 Å². The molecule has 1 aliphatic rings. The second-order valence-corrected chi connectivity index (χ2v) is 8.26. The van der Waals surface area contributed by atoms with Crippen molar-refractivity contribution >= 4 is 27.0 Å². The van der Waals surface area contributed by atoms with E-state index in [0.717, 1.165) is 11.1 Å². The molecule has 1 saturated carbocycles. The second kappa shape index (κ2) is 5.48. The van der Waals surface area contributed by atoms with E-state index < -0.39 is 15.1 Å². The van der Waals surface area contributed by atoms with Crippen molar-refractivity contribution in [2.24, 2.45) is 11.7 Å². The SMILES string of the molecule is Cc1ccc(S(=O)(=O)[C@@H]2[C@H](C(N)=S)[C@@H]2c2ccccc2)cc1. The van der Waals surface area contributed by atoms with Gasteiger partial charge in [-0.15, -0.1) is 0 Å². The van der Waals surface area contributed by atoms with Gasteiger partial charge in [0.25, 0.3) is 0 Å². The van der Waals surface area contributed by atoms with Crippen molar-refractivity contribution in [3.8, 4) is 0 Å². The van der Waals surface area contributed by atoms with Gasteiger partial charge in [-0.2, -0.15) is 0 Å². The summed E-state index contributed by atoms with van der Waals surface area (Å²) in [4.78, 5) is 0.609. The van der Waals surface area contributed by atoms with Gasteiger partial charge in [-0.1, -0.05) is 60.2 Å². The molecule has 1 aliphatic carbocycles. The molecule has 0 bridgehead atoms. The zero-order valence-electron chi connectivity index (χ0n) is 12.1. The van der Waals surface area contributed by atoms with Gasteiger partial charge in [-0.05, 0) is 24.6 Å². The molecule has 0 aromatic heterocycles. The number of thiocarbonyl (C=S) groups is 1. The van der Waals surface area contributed by atoms with Crippen molar-refractivity contribution in [2.45, 2.75) is 23.0 Å². The Morgan fingerprint density at radius 2 is 1.64 bits per heavy atom.